The molecule has 2 aliphatic rings. The zero-order valence-corrected chi connectivity index (χ0v) is 17.4. The van der Waals surface area contributed by atoms with Crippen molar-refractivity contribution in [3.05, 3.63) is 53.1 Å². The van der Waals surface area contributed by atoms with E-state index in [1.54, 1.807) is 6.07 Å². The van der Waals surface area contributed by atoms with Crippen molar-refractivity contribution in [3.8, 4) is 17.2 Å². The number of rotatable bonds is 6. The highest BCUT2D eigenvalue weighted by molar-refractivity contribution is 5.73. The van der Waals surface area contributed by atoms with Crippen molar-refractivity contribution in [3.63, 3.8) is 0 Å². The van der Waals surface area contributed by atoms with E-state index in [0.717, 1.165) is 23.5 Å². The minimum Gasteiger partial charge on any atom is -0.492 e. The molecule has 4 rings (SSSR count). The predicted molar refractivity (Wildman–Crippen MR) is 110 cm³/mol. The van der Waals surface area contributed by atoms with Crippen molar-refractivity contribution < 1.29 is 28.5 Å². The van der Waals surface area contributed by atoms with Crippen molar-refractivity contribution in [2.24, 2.45) is 0 Å². The van der Waals surface area contributed by atoms with Gasteiger partial charge >= 0.3 is 11.9 Å². The monoisotopic (exact) mass is 410 g/mol. The Hall–Kier alpha value is -3.02. The van der Waals surface area contributed by atoms with E-state index in [0.29, 0.717) is 38.2 Å². The fraction of sp³-hybridized carbons (Fsp3) is 0.417. The van der Waals surface area contributed by atoms with Crippen LogP contribution in [-0.2, 0) is 26.2 Å². The lowest BCUT2D eigenvalue weighted by atomic mass is 9.76. The van der Waals surface area contributed by atoms with Gasteiger partial charge in [0, 0.05) is 18.4 Å². The van der Waals surface area contributed by atoms with E-state index in [1.807, 2.05) is 18.2 Å². The van der Waals surface area contributed by atoms with Crippen LogP contribution in [0.3, 0.4) is 0 Å². The molecular weight excluding hydrogens is 384 g/mol. The summed E-state index contributed by atoms with van der Waals surface area (Å²) in [5, 5.41) is 0. The van der Waals surface area contributed by atoms with Gasteiger partial charge in [0.15, 0.2) is 0 Å². The maximum Gasteiger partial charge on any atom is 0.311 e. The topological polar surface area (TPSA) is 71.1 Å². The van der Waals surface area contributed by atoms with E-state index < -0.39 is 0 Å². The normalized spacial score (nSPS) is 18.7. The van der Waals surface area contributed by atoms with Gasteiger partial charge in [0.25, 0.3) is 0 Å². The van der Waals surface area contributed by atoms with Crippen molar-refractivity contribution in [2.75, 3.05) is 20.3 Å². The summed E-state index contributed by atoms with van der Waals surface area (Å²) in [7, 11) is 1.36. The fourth-order valence-corrected chi connectivity index (χ4v) is 4.11. The van der Waals surface area contributed by atoms with Gasteiger partial charge in [0.1, 0.15) is 30.5 Å². The zero-order chi connectivity index (χ0) is 21.1. The lowest BCUT2D eigenvalue weighted by molar-refractivity contribution is -0.141. The van der Waals surface area contributed by atoms with Crippen LogP contribution in [0.15, 0.2) is 36.4 Å². The third-order valence-electron chi connectivity index (χ3n) is 5.75. The number of hydrogen-bond donors (Lipinski definition) is 0. The maximum absolute atomic E-state index is 12.2. The molecule has 6 nitrogen and oxygen atoms in total. The Bertz CT molecular complexity index is 966. The van der Waals surface area contributed by atoms with Crippen LogP contribution in [0.1, 0.15) is 42.4 Å². The molecule has 2 aliphatic heterocycles. The highest BCUT2D eigenvalue weighted by atomic mass is 16.5. The predicted octanol–water partition coefficient (Wildman–Crippen LogP) is 3.90. The van der Waals surface area contributed by atoms with Gasteiger partial charge in [0.05, 0.1) is 12.5 Å². The Labute approximate surface area is 176 Å². The second-order valence-corrected chi connectivity index (χ2v) is 8.06. The summed E-state index contributed by atoms with van der Waals surface area (Å²) in [6.07, 6.45) is 2.56. The second kappa shape index (κ2) is 8.38. The lowest BCUT2D eigenvalue weighted by Gasteiger charge is -2.34. The third kappa shape index (κ3) is 4.13. The fourth-order valence-electron chi connectivity index (χ4n) is 4.11. The van der Waals surface area contributed by atoms with E-state index in [2.05, 4.69) is 23.8 Å². The molecule has 0 saturated carbocycles. The van der Waals surface area contributed by atoms with E-state index in [9.17, 15) is 9.59 Å². The molecular formula is C24H26O6. The number of aryl methyl sites for hydroxylation is 1. The van der Waals surface area contributed by atoms with Crippen LogP contribution in [0.25, 0.3) is 0 Å². The SMILES string of the molecule is COC(=O)CCCCC(=O)Oc1ccc2c(c1)C1(COc3ccc(C)cc3C1)CO2. The number of unbranched alkanes of at least 4 members (excludes halogenated alkanes) is 1. The molecule has 158 valence electrons. The van der Waals surface area contributed by atoms with Crippen LogP contribution in [0.4, 0.5) is 0 Å². The lowest BCUT2D eigenvalue weighted by Crippen LogP contribution is -2.40. The average Bonchev–Trinajstić information content (AvgIpc) is 3.08. The molecule has 0 radical (unpaired) electrons. The Morgan fingerprint density at radius 1 is 0.967 bits per heavy atom. The van der Waals surface area contributed by atoms with Crippen molar-refractivity contribution in [1.82, 2.24) is 0 Å². The van der Waals surface area contributed by atoms with Gasteiger partial charge in [-0.25, -0.2) is 0 Å². The van der Waals surface area contributed by atoms with Gasteiger partial charge in [0.2, 0.25) is 0 Å². The standard InChI is InChI=1S/C24H26O6/c1-16-7-9-20-17(11-16)13-24(14-28-20)15-29-21-10-8-18(12-19(21)24)30-23(26)6-4-3-5-22(25)27-2/h7-12H,3-6,13-15H2,1-2H3. The van der Waals surface area contributed by atoms with Crippen molar-refractivity contribution in [1.29, 1.82) is 0 Å². The Balaban J connectivity index is 1.43. The number of carbonyl (C=O) groups excluding carboxylic acids is 2. The molecule has 0 saturated heterocycles. The number of carbonyl (C=O) groups is 2. The Morgan fingerprint density at radius 2 is 1.67 bits per heavy atom. The molecule has 0 aromatic heterocycles. The van der Waals surface area contributed by atoms with Gasteiger partial charge in [-0.1, -0.05) is 17.7 Å². The van der Waals surface area contributed by atoms with Crippen LogP contribution in [0, 0.1) is 6.92 Å². The highest BCUT2D eigenvalue weighted by Crippen LogP contribution is 2.46. The van der Waals surface area contributed by atoms with Gasteiger partial charge in [-0.05, 0) is 56.0 Å². The maximum atomic E-state index is 12.2. The quantitative estimate of drug-likeness (QED) is 0.409. The molecule has 1 unspecified atom stereocenters. The molecule has 1 spiro atoms. The van der Waals surface area contributed by atoms with Gasteiger partial charge in [-0.2, -0.15) is 0 Å². The molecule has 6 heteroatoms. The number of esters is 2. The van der Waals surface area contributed by atoms with E-state index in [-0.39, 0.29) is 23.8 Å². The number of fused-ring (bicyclic) bond motifs is 3. The van der Waals surface area contributed by atoms with Gasteiger partial charge in [-0.3, -0.25) is 9.59 Å². The van der Waals surface area contributed by atoms with Crippen molar-refractivity contribution >= 4 is 11.9 Å². The van der Waals surface area contributed by atoms with Crippen LogP contribution < -0.4 is 14.2 Å². The largest absolute Gasteiger partial charge is 0.492 e. The first-order valence-corrected chi connectivity index (χ1v) is 10.3. The van der Waals surface area contributed by atoms with Crippen LogP contribution >= 0.6 is 0 Å². The third-order valence-corrected chi connectivity index (χ3v) is 5.75. The number of methoxy groups -OCH3 is 1. The van der Waals surface area contributed by atoms with Crippen LogP contribution in [-0.4, -0.2) is 32.3 Å². The molecule has 2 aromatic carbocycles. The van der Waals surface area contributed by atoms with E-state index >= 15 is 0 Å². The molecule has 0 amide bonds. The number of benzene rings is 2. The first-order chi connectivity index (χ1) is 14.5. The Morgan fingerprint density at radius 3 is 2.43 bits per heavy atom. The molecule has 1 atom stereocenters. The summed E-state index contributed by atoms with van der Waals surface area (Å²) in [5.41, 5.74) is 3.11. The summed E-state index contributed by atoms with van der Waals surface area (Å²) in [4.78, 5) is 23.3. The van der Waals surface area contributed by atoms with Crippen LogP contribution in [0.5, 0.6) is 17.2 Å². The zero-order valence-electron chi connectivity index (χ0n) is 17.4. The molecule has 0 fully saturated rings. The minimum absolute atomic E-state index is 0.255. The summed E-state index contributed by atoms with van der Waals surface area (Å²) in [6, 6.07) is 11.7. The molecule has 30 heavy (non-hydrogen) atoms. The highest BCUT2D eigenvalue weighted by Gasteiger charge is 2.45. The smallest absolute Gasteiger partial charge is 0.311 e. The van der Waals surface area contributed by atoms with E-state index in [4.69, 9.17) is 14.2 Å². The number of ether oxygens (including phenoxy) is 4. The summed E-state index contributed by atoms with van der Waals surface area (Å²) >= 11 is 0. The summed E-state index contributed by atoms with van der Waals surface area (Å²) in [5.74, 6) is 1.67. The molecule has 0 N–H and O–H groups in total. The first kappa shape index (κ1) is 20.3. The second-order valence-electron chi connectivity index (χ2n) is 8.06. The van der Waals surface area contributed by atoms with Crippen molar-refractivity contribution in [2.45, 2.75) is 44.4 Å². The van der Waals surface area contributed by atoms with Gasteiger partial charge in [-0.15, -0.1) is 0 Å². The first-order valence-electron chi connectivity index (χ1n) is 10.3. The van der Waals surface area contributed by atoms with Gasteiger partial charge < -0.3 is 18.9 Å². The van der Waals surface area contributed by atoms with Crippen LogP contribution in [0.2, 0.25) is 0 Å². The summed E-state index contributed by atoms with van der Waals surface area (Å²) in [6.45, 7) is 3.14. The summed E-state index contributed by atoms with van der Waals surface area (Å²) < 4.78 is 22.2. The minimum atomic E-state index is -0.311. The Kier molecular flexibility index (Phi) is 5.66. The molecule has 2 aromatic rings. The molecule has 0 bridgehead atoms. The number of hydrogen-bond acceptors (Lipinski definition) is 6. The average molecular weight is 410 g/mol. The molecule has 2 heterocycles. The molecule has 0 aliphatic carbocycles. The van der Waals surface area contributed by atoms with E-state index in [1.165, 1.54) is 18.2 Å².